The van der Waals surface area contributed by atoms with Gasteiger partial charge in [0.05, 0.1) is 19.3 Å². The lowest BCUT2D eigenvalue weighted by molar-refractivity contribution is -0.0660. The molecular formula is C21H25F2N7O. The first-order valence-electron chi connectivity index (χ1n) is 10.2. The number of ether oxygens (including phenoxy) is 1. The van der Waals surface area contributed by atoms with Gasteiger partial charge in [0.15, 0.2) is 5.82 Å². The normalized spacial score (nSPS) is 17.6. The van der Waals surface area contributed by atoms with Gasteiger partial charge in [0.2, 0.25) is 11.9 Å². The number of aryl methyl sites for hydroxylation is 1. The van der Waals surface area contributed by atoms with Crippen LogP contribution < -0.4 is 10.2 Å². The van der Waals surface area contributed by atoms with Gasteiger partial charge < -0.3 is 15.0 Å². The van der Waals surface area contributed by atoms with Gasteiger partial charge >= 0.3 is 0 Å². The van der Waals surface area contributed by atoms with E-state index in [-0.39, 0.29) is 7.24 Å². The number of nitrogens with one attached hydrogen (secondary N) is 1. The minimum Gasteiger partial charge on any atom is -0.378 e. The molecule has 2 saturated heterocycles. The van der Waals surface area contributed by atoms with Crippen LogP contribution in [0.25, 0.3) is 5.82 Å². The molecular weight excluding hydrogens is 404 g/mol. The Morgan fingerprint density at radius 2 is 1.87 bits per heavy atom. The van der Waals surface area contributed by atoms with Crippen LogP contribution in [0.15, 0.2) is 36.7 Å². The Bertz CT molecular complexity index is 1060. The van der Waals surface area contributed by atoms with Crippen LogP contribution in [-0.2, 0) is 4.74 Å². The number of hydrogen-bond acceptors (Lipinski definition) is 7. The summed E-state index contributed by atoms with van der Waals surface area (Å²) in [7, 11) is 0. The van der Waals surface area contributed by atoms with Gasteiger partial charge in [-0.05, 0) is 30.7 Å². The maximum absolute atomic E-state index is 13.5. The van der Waals surface area contributed by atoms with Gasteiger partial charge in [0.1, 0.15) is 12.1 Å². The number of aromatic nitrogens is 4. The molecule has 10 heteroatoms. The van der Waals surface area contributed by atoms with Gasteiger partial charge in [-0.25, -0.2) is 9.07 Å². The van der Waals surface area contributed by atoms with Crippen molar-refractivity contribution in [3.8, 4) is 5.82 Å². The Hall–Kier alpha value is -3.11. The first-order chi connectivity index (χ1) is 15.0. The van der Waals surface area contributed by atoms with Gasteiger partial charge in [0, 0.05) is 51.1 Å². The molecule has 5 rings (SSSR count). The first kappa shape index (κ1) is 19.8. The highest BCUT2D eigenvalue weighted by atomic mass is 19.1. The minimum absolute atomic E-state index is 0. The Morgan fingerprint density at radius 1 is 1.06 bits per heavy atom. The number of rotatable bonds is 5. The molecule has 1 aromatic carbocycles. The zero-order valence-electron chi connectivity index (χ0n) is 17.1. The molecule has 2 aliphatic heterocycles. The van der Waals surface area contributed by atoms with Gasteiger partial charge in [-0.2, -0.15) is 14.4 Å². The Kier molecular flexibility index (Phi) is 5.24. The van der Waals surface area contributed by atoms with Crippen molar-refractivity contribution in [2.75, 3.05) is 49.6 Å². The van der Waals surface area contributed by atoms with E-state index in [0.29, 0.717) is 18.1 Å². The standard InChI is InChI=1S/C21H23F2N7O.H2/c1-14-6-16(10-17(7-14)28-2-4-29(5-3-28)18-11-31-12-18)25-21-24-13-30(27-21)20-9-15(22)8-19(23)26-20;/h6-10,13,18H,2-5,11-12H2,1H3,(H,25,27);1H. The van der Waals surface area contributed by atoms with Crippen LogP contribution in [0.5, 0.6) is 0 Å². The monoisotopic (exact) mass is 429 g/mol. The molecule has 0 aliphatic carbocycles. The van der Waals surface area contributed by atoms with Crippen molar-refractivity contribution in [3.63, 3.8) is 0 Å². The van der Waals surface area contributed by atoms with Crippen LogP contribution in [0.3, 0.4) is 0 Å². The number of piperazine rings is 1. The SMILES string of the molecule is Cc1cc(Nc2ncn(-c3cc(F)cc(F)n3)n2)cc(N2CCN(C3COC3)CC2)c1.[HH]. The maximum Gasteiger partial charge on any atom is 0.247 e. The van der Waals surface area contributed by atoms with E-state index in [0.717, 1.165) is 62.4 Å². The fraction of sp³-hybridized carbons (Fsp3) is 0.381. The minimum atomic E-state index is -0.909. The zero-order chi connectivity index (χ0) is 21.4. The van der Waals surface area contributed by atoms with Gasteiger partial charge in [-0.1, -0.05) is 0 Å². The molecule has 0 amide bonds. The Balaban J connectivity index is 0.00000245. The van der Waals surface area contributed by atoms with E-state index in [1.807, 2.05) is 13.0 Å². The molecule has 0 spiro atoms. The number of halogens is 2. The van der Waals surface area contributed by atoms with Crippen LogP contribution in [0.1, 0.15) is 6.99 Å². The van der Waals surface area contributed by atoms with E-state index in [2.05, 4.69) is 42.3 Å². The van der Waals surface area contributed by atoms with Crippen LogP contribution in [0.2, 0.25) is 0 Å². The summed E-state index contributed by atoms with van der Waals surface area (Å²) in [5.41, 5.74) is 3.10. The molecule has 2 aliphatic rings. The van der Waals surface area contributed by atoms with E-state index in [1.165, 1.54) is 11.0 Å². The van der Waals surface area contributed by atoms with Gasteiger partial charge in [0.25, 0.3) is 0 Å². The van der Waals surface area contributed by atoms with E-state index in [4.69, 9.17) is 4.74 Å². The van der Waals surface area contributed by atoms with Gasteiger partial charge in [-0.3, -0.25) is 4.90 Å². The van der Waals surface area contributed by atoms with E-state index in [1.54, 1.807) is 0 Å². The summed E-state index contributed by atoms with van der Waals surface area (Å²) in [4.78, 5) is 12.7. The molecule has 2 fully saturated rings. The smallest absolute Gasteiger partial charge is 0.247 e. The zero-order valence-corrected chi connectivity index (χ0v) is 17.1. The first-order valence-corrected chi connectivity index (χ1v) is 10.2. The van der Waals surface area contributed by atoms with Crippen LogP contribution in [0, 0.1) is 18.7 Å². The van der Waals surface area contributed by atoms with Crippen molar-refractivity contribution in [2.45, 2.75) is 13.0 Å². The van der Waals surface area contributed by atoms with Gasteiger partial charge in [-0.15, -0.1) is 5.10 Å². The maximum atomic E-state index is 13.5. The molecule has 2 aromatic heterocycles. The van der Waals surface area contributed by atoms with E-state index < -0.39 is 11.8 Å². The molecule has 4 heterocycles. The molecule has 31 heavy (non-hydrogen) atoms. The van der Waals surface area contributed by atoms with Crippen molar-refractivity contribution in [1.29, 1.82) is 0 Å². The Morgan fingerprint density at radius 3 is 2.58 bits per heavy atom. The highest BCUT2D eigenvalue weighted by Crippen LogP contribution is 2.26. The summed E-state index contributed by atoms with van der Waals surface area (Å²) >= 11 is 0. The number of anilines is 3. The number of nitrogens with zero attached hydrogens (tertiary/aromatic N) is 6. The lowest BCUT2D eigenvalue weighted by Crippen LogP contribution is -2.56. The summed E-state index contributed by atoms with van der Waals surface area (Å²) in [6, 6.07) is 8.62. The second kappa shape index (κ2) is 8.20. The third-order valence-corrected chi connectivity index (χ3v) is 5.61. The number of pyridine rings is 1. The quantitative estimate of drug-likeness (QED) is 0.626. The molecule has 0 saturated carbocycles. The number of benzene rings is 1. The fourth-order valence-electron chi connectivity index (χ4n) is 3.93. The molecule has 0 bridgehead atoms. The number of hydrogen-bond donors (Lipinski definition) is 1. The average Bonchev–Trinajstić information content (AvgIpc) is 3.14. The molecule has 3 aromatic rings. The van der Waals surface area contributed by atoms with Crippen molar-refractivity contribution >= 4 is 17.3 Å². The summed E-state index contributed by atoms with van der Waals surface area (Å²) in [6.45, 7) is 7.70. The van der Waals surface area contributed by atoms with Crippen LogP contribution in [-0.4, -0.2) is 70.1 Å². The van der Waals surface area contributed by atoms with Crippen molar-refractivity contribution < 1.29 is 14.9 Å². The second-order valence-corrected chi connectivity index (χ2v) is 7.88. The molecule has 0 unspecified atom stereocenters. The van der Waals surface area contributed by atoms with E-state index >= 15 is 0 Å². The topological polar surface area (TPSA) is 71.3 Å². The summed E-state index contributed by atoms with van der Waals surface area (Å²) in [5.74, 6) is -1.29. The molecule has 0 atom stereocenters. The lowest BCUT2D eigenvalue weighted by Gasteiger charge is -2.43. The van der Waals surface area contributed by atoms with Crippen LogP contribution in [0.4, 0.5) is 26.1 Å². The second-order valence-electron chi connectivity index (χ2n) is 7.88. The summed E-state index contributed by atoms with van der Waals surface area (Å²) in [5, 5.41) is 7.42. The third-order valence-electron chi connectivity index (χ3n) is 5.61. The summed E-state index contributed by atoms with van der Waals surface area (Å²) in [6.07, 6.45) is 1.36. The third kappa shape index (κ3) is 4.35. The van der Waals surface area contributed by atoms with Crippen molar-refractivity contribution in [3.05, 3.63) is 54.0 Å². The molecule has 8 nitrogen and oxygen atoms in total. The molecule has 164 valence electrons. The van der Waals surface area contributed by atoms with E-state index in [9.17, 15) is 8.78 Å². The largest absolute Gasteiger partial charge is 0.378 e. The fourth-order valence-corrected chi connectivity index (χ4v) is 3.93. The Labute approximate surface area is 179 Å². The molecule has 1 N–H and O–H groups in total. The predicted molar refractivity (Wildman–Crippen MR) is 114 cm³/mol. The van der Waals surface area contributed by atoms with Crippen molar-refractivity contribution in [2.24, 2.45) is 0 Å². The summed E-state index contributed by atoms with van der Waals surface area (Å²) < 4.78 is 33.4. The highest BCUT2D eigenvalue weighted by molar-refractivity contribution is 5.64. The molecule has 0 radical (unpaired) electrons. The predicted octanol–water partition coefficient (Wildman–Crippen LogP) is 2.76. The average molecular weight is 429 g/mol. The lowest BCUT2D eigenvalue weighted by atomic mass is 10.1. The van der Waals surface area contributed by atoms with Crippen molar-refractivity contribution in [1.82, 2.24) is 24.6 Å². The highest BCUT2D eigenvalue weighted by Gasteiger charge is 2.29. The van der Waals surface area contributed by atoms with Crippen LogP contribution >= 0.6 is 0 Å².